The van der Waals surface area contributed by atoms with Crippen LogP contribution >= 0.6 is 24.8 Å². The fourth-order valence-electron chi connectivity index (χ4n) is 3.04. The van der Waals surface area contributed by atoms with Gasteiger partial charge in [0.05, 0.1) is 13.2 Å². The van der Waals surface area contributed by atoms with Gasteiger partial charge in [-0.25, -0.2) is 0 Å². The van der Waals surface area contributed by atoms with Crippen LogP contribution in [0.5, 0.6) is 0 Å². The van der Waals surface area contributed by atoms with Gasteiger partial charge in [0.15, 0.2) is 0 Å². The molecule has 7 heteroatoms. The minimum absolute atomic E-state index is 0. The molecule has 1 unspecified atom stereocenters. The molecule has 0 spiro atoms. The Hall–Kier alpha value is -0.0700. The number of nitrogens with two attached hydrogens (primary N) is 1. The van der Waals surface area contributed by atoms with Gasteiger partial charge in [-0.15, -0.1) is 24.8 Å². The van der Waals surface area contributed by atoms with E-state index in [9.17, 15) is 4.79 Å². The van der Waals surface area contributed by atoms with Gasteiger partial charge in [0, 0.05) is 38.1 Å². The third-order valence-electron chi connectivity index (χ3n) is 4.43. The van der Waals surface area contributed by atoms with Gasteiger partial charge in [0.1, 0.15) is 0 Å². The molecule has 1 heterocycles. The molecular formula is C14H29Cl2N3O2. The van der Waals surface area contributed by atoms with E-state index in [4.69, 9.17) is 10.5 Å². The fraction of sp³-hybridized carbons (Fsp3) is 0.929. The first-order valence-corrected chi connectivity index (χ1v) is 7.51. The summed E-state index contributed by atoms with van der Waals surface area (Å²) in [6, 6.07) is 0.604. The van der Waals surface area contributed by atoms with E-state index in [1.807, 2.05) is 0 Å². The molecule has 126 valence electrons. The van der Waals surface area contributed by atoms with Crippen LogP contribution < -0.4 is 11.1 Å². The molecule has 2 aliphatic rings. The molecule has 2 fully saturated rings. The highest BCUT2D eigenvalue weighted by Crippen LogP contribution is 2.26. The van der Waals surface area contributed by atoms with Gasteiger partial charge >= 0.3 is 0 Å². The summed E-state index contributed by atoms with van der Waals surface area (Å²) in [4.78, 5) is 14.3. The lowest BCUT2D eigenvalue weighted by molar-refractivity contribution is -0.122. The number of nitrogens with one attached hydrogen (secondary N) is 1. The Balaban J connectivity index is 0.00000200. The monoisotopic (exact) mass is 341 g/mol. The van der Waals surface area contributed by atoms with Crippen LogP contribution in [-0.4, -0.2) is 55.7 Å². The highest BCUT2D eigenvalue weighted by atomic mass is 35.5. The van der Waals surface area contributed by atoms with E-state index in [1.165, 1.54) is 6.42 Å². The van der Waals surface area contributed by atoms with Crippen LogP contribution in [0.4, 0.5) is 0 Å². The quantitative estimate of drug-likeness (QED) is 0.788. The smallest absolute Gasteiger partial charge is 0.220 e. The zero-order valence-electron chi connectivity index (χ0n) is 12.8. The molecule has 0 aromatic heterocycles. The molecular weight excluding hydrogens is 313 g/mol. The second kappa shape index (κ2) is 10.6. The fourth-order valence-corrected chi connectivity index (χ4v) is 3.04. The summed E-state index contributed by atoms with van der Waals surface area (Å²) in [5.74, 6) is 0.543. The normalized spacial score (nSPS) is 27.3. The molecule has 3 atom stereocenters. The van der Waals surface area contributed by atoms with Gasteiger partial charge in [-0.3, -0.25) is 9.69 Å². The van der Waals surface area contributed by atoms with Crippen LogP contribution in [-0.2, 0) is 9.53 Å². The number of hydrogen-bond donors (Lipinski definition) is 2. The summed E-state index contributed by atoms with van der Waals surface area (Å²) in [7, 11) is 0. The summed E-state index contributed by atoms with van der Waals surface area (Å²) in [5.41, 5.74) is 6.00. The van der Waals surface area contributed by atoms with Gasteiger partial charge in [-0.2, -0.15) is 0 Å². The number of amides is 1. The van der Waals surface area contributed by atoms with E-state index >= 15 is 0 Å². The third kappa shape index (κ3) is 6.70. The third-order valence-corrected chi connectivity index (χ3v) is 4.43. The lowest BCUT2D eigenvalue weighted by Gasteiger charge is -2.32. The SMILES string of the molecule is CC(CNC(=O)C[C@@H]1CCC[C@H]1N)N1CCOCC1.Cl.Cl. The summed E-state index contributed by atoms with van der Waals surface area (Å²) in [5, 5.41) is 3.05. The van der Waals surface area contributed by atoms with Gasteiger partial charge in [-0.05, 0) is 25.7 Å². The van der Waals surface area contributed by atoms with E-state index in [0.29, 0.717) is 18.4 Å². The summed E-state index contributed by atoms with van der Waals surface area (Å²) in [6.45, 7) is 6.41. The largest absolute Gasteiger partial charge is 0.379 e. The molecule has 0 aromatic carbocycles. The number of rotatable bonds is 5. The van der Waals surface area contributed by atoms with Crippen LogP contribution in [0.2, 0.25) is 0 Å². The Morgan fingerprint density at radius 2 is 2.00 bits per heavy atom. The number of halogens is 2. The molecule has 3 N–H and O–H groups in total. The average molecular weight is 342 g/mol. The zero-order chi connectivity index (χ0) is 13.7. The lowest BCUT2D eigenvalue weighted by atomic mass is 10.00. The minimum Gasteiger partial charge on any atom is -0.379 e. The molecule has 1 amide bonds. The predicted octanol–water partition coefficient (Wildman–Crippen LogP) is 1.18. The van der Waals surface area contributed by atoms with Crippen molar-refractivity contribution in [2.75, 3.05) is 32.8 Å². The first kappa shape index (κ1) is 20.9. The van der Waals surface area contributed by atoms with Crippen LogP contribution in [0.25, 0.3) is 0 Å². The van der Waals surface area contributed by atoms with Gasteiger partial charge < -0.3 is 15.8 Å². The van der Waals surface area contributed by atoms with Crippen molar-refractivity contribution in [2.24, 2.45) is 11.7 Å². The molecule has 1 aliphatic carbocycles. The Morgan fingerprint density at radius 3 is 2.57 bits per heavy atom. The maximum absolute atomic E-state index is 11.9. The van der Waals surface area contributed by atoms with Crippen molar-refractivity contribution in [3.8, 4) is 0 Å². The standard InChI is InChI=1S/C14H27N3O2.2ClH/c1-11(17-5-7-19-8-6-17)10-16-14(18)9-12-3-2-4-13(12)15;;/h11-13H,2-10,15H2,1H3,(H,16,18);2*1H/t11?,12-,13+;;/m0../s1. The molecule has 2 rings (SSSR count). The van der Waals surface area contributed by atoms with Crippen molar-refractivity contribution in [1.82, 2.24) is 10.2 Å². The minimum atomic E-state index is 0. The number of carbonyl (C=O) groups is 1. The van der Waals surface area contributed by atoms with Gasteiger partial charge in [0.25, 0.3) is 0 Å². The maximum atomic E-state index is 11.9. The van der Waals surface area contributed by atoms with Crippen LogP contribution in [0.1, 0.15) is 32.6 Å². The van der Waals surface area contributed by atoms with Crippen LogP contribution in [0, 0.1) is 5.92 Å². The second-order valence-corrected chi connectivity index (χ2v) is 5.86. The van der Waals surface area contributed by atoms with Crippen molar-refractivity contribution in [3.63, 3.8) is 0 Å². The molecule has 1 aliphatic heterocycles. The number of morpholine rings is 1. The van der Waals surface area contributed by atoms with E-state index < -0.39 is 0 Å². The predicted molar refractivity (Wildman–Crippen MR) is 89.3 cm³/mol. The molecule has 0 bridgehead atoms. The maximum Gasteiger partial charge on any atom is 0.220 e. The van der Waals surface area contributed by atoms with Gasteiger partial charge in [-0.1, -0.05) is 6.42 Å². The Bertz CT molecular complexity index is 302. The number of ether oxygens (including phenoxy) is 1. The van der Waals surface area contributed by atoms with Crippen LogP contribution in [0.15, 0.2) is 0 Å². The van der Waals surface area contributed by atoms with Crippen molar-refractivity contribution >= 4 is 30.7 Å². The average Bonchev–Trinajstić information content (AvgIpc) is 2.82. The van der Waals surface area contributed by atoms with Crippen molar-refractivity contribution in [2.45, 2.75) is 44.7 Å². The van der Waals surface area contributed by atoms with E-state index in [0.717, 1.165) is 45.7 Å². The van der Waals surface area contributed by atoms with E-state index in [1.54, 1.807) is 0 Å². The molecule has 1 saturated carbocycles. The van der Waals surface area contributed by atoms with E-state index in [2.05, 4.69) is 17.1 Å². The highest BCUT2D eigenvalue weighted by molar-refractivity contribution is 5.85. The van der Waals surface area contributed by atoms with Gasteiger partial charge in [0.2, 0.25) is 5.91 Å². The lowest BCUT2D eigenvalue weighted by Crippen LogP contribution is -2.47. The summed E-state index contributed by atoms with van der Waals surface area (Å²) >= 11 is 0. The van der Waals surface area contributed by atoms with E-state index in [-0.39, 0.29) is 36.8 Å². The first-order chi connectivity index (χ1) is 9.16. The summed E-state index contributed by atoms with van der Waals surface area (Å²) < 4.78 is 5.33. The topological polar surface area (TPSA) is 67.6 Å². The molecule has 0 radical (unpaired) electrons. The highest BCUT2D eigenvalue weighted by Gasteiger charge is 2.26. The number of nitrogens with zero attached hydrogens (tertiary/aromatic N) is 1. The van der Waals surface area contributed by atoms with Crippen molar-refractivity contribution in [1.29, 1.82) is 0 Å². The number of hydrogen-bond acceptors (Lipinski definition) is 4. The molecule has 0 aromatic rings. The Kier molecular flexibility index (Phi) is 10.6. The Morgan fingerprint density at radius 1 is 1.33 bits per heavy atom. The summed E-state index contributed by atoms with van der Waals surface area (Å²) in [6.07, 6.45) is 3.94. The van der Waals surface area contributed by atoms with Crippen molar-refractivity contribution < 1.29 is 9.53 Å². The van der Waals surface area contributed by atoms with Crippen LogP contribution in [0.3, 0.4) is 0 Å². The Labute approximate surface area is 140 Å². The first-order valence-electron chi connectivity index (χ1n) is 7.51. The molecule has 21 heavy (non-hydrogen) atoms. The molecule has 1 saturated heterocycles. The zero-order valence-corrected chi connectivity index (χ0v) is 14.4. The number of carbonyl (C=O) groups excluding carboxylic acids is 1. The van der Waals surface area contributed by atoms with Crippen molar-refractivity contribution in [3.05, 3.63) is 0 Å². The second-order valence-electron chi connectivity index (χ2n) is 5.86. The molecule has 5 nitrogen and oxygen atoms in total.